The van der Waals surface area contributed by atoms with Crippen LogP contribution in [0, 0.1) is 0 Å². The molecule has 0 saturated carbocycles. The summed E-state index contributed by atoms with van der Waals surface area (Å²) in [6.07, 6.45) is 0.963. The third kappa shape index (κ3) is 2.26. The molecule has 1 aromatic carbocycles. The lowest BCUT2D eigenvalue weighted by atomic mass is 9.98. The second kappa shape index (κ2) is 4.92. The average molecular weight is 279 g/mol. The van der Waals surface area contributed by atoms with Gasteiger partial charge in [0.1, 0.15) is 0 Å². The van der Waals surface area contributed by atoms with Crippen LogP contribution < -0.4 is 10.6 Å². The van der Waals surface area contributed by atoms with Gasteiger partial charge in [0.25, 0.3) is 0 Å². The zero-order valence-electron chi connectivity index (χ0n) is 9.97. The van der Waals surface area contributed by atoms with E-state index in [-0.39, 0.29) is 6.04 Å². The number of hydrogen-bond acceptors (Lipinski definition) is 3. The Morgan fingerprint density at radius 2 is 2.17 bits per heavy atom. The standard InChI is InChI=1S/C14H15ClN2S/c15-12-5-6-18-14(12)9-17-8-11(16)7-10-3-1-2-4-13(10)17/h1-6,11H,7-9,16H2. The molecule has 94 valence electrons. The first-order chi connectivity index (χ1) is 8.74. The number of nitrogens with zero attached hydrogens (tertiary/aromatic N) is 1. The van der Waals surface area contributed by atoms with Crippen molar-refractivity contribution in [2.75, 3.05) is 11.4 Å². The van der Waals surface area contributed by atoms with Gasteiger partial charge in [0.15, 0.2) is 0 Å². The van der Waals surface area contributed by atoms with Gasteiger partial charge in [-0.3, -0.25) is 0 Å². The number of nitrogens with two attached hydrogens (primary N) is 1. The second-order valence-electron chi connectivity index (χ2n) is 4.67. The van der Waals surface area contributed by atoms with Crippen molar-refractivity contribution in [3.05, 3.63) is 51.2 Å². The molecule has 2 nitrogen and oxygen atoms in total. The normalized spacial score (nSPS) is 18.8. The number of thiophene rings is 1. The van der Waals surface area contributed by atoms with E-state index in [4.69, 9.17) is 17.3 Å². The molecule has 0 amide bonds. The van der Waals surface area contributed by atoms with Crippen LogP contribution >= 0.6 is 22.9 Å². The van der Waals surface area contributed by atoms with Gasteiger partial charge >= 0.3 is 0 Å². The summed E-state index contributed by atoms with van der Waals surface area (Å²) in [7, 11) is 0. The highest BCUT2D eigenvalue weighted by Gasteiger charge is 2.22. The summed E-state index contributed by atoms with van der Waals surface area (Å²) in [5.74, 6) is 0. The molecule has 18 heavy (non-hydrogen) atoms. The number of halogens is 1. The molecule has 1 atom stereocenters. The molecular weight excluding hydrogens is 264 g/mol. The Morgan fingerprint density at radius 3 is 2.94 bits per heavy atom. The maximum Gasteiger partial charge on any atom is 0.0563 e. The lowest BCUT2D eigenvalue weighted by Gasteiger charge is -2.34. The summed E-state index contributed by atoms with van der Waals surface area (Å²) in [6.45, 7) is 1.74. The van der Waals surface area contributed by atoms with Crippen LogP contribution in [-0.2, 0) is 13.0 Å². The van der Waals surface area contributed by atoms with Gasteiger partial charge in [0.05, 0.1) is 11.6 Å². The summed E-state index contributed by atoms with van der Waals surface area (Å²) < 4.78 is 0. The topological polar surface area (TPSA) is 29.3 Å². The maximum absolute atomic E-state index is 6.18. The van der Waals surface area contributed by atoms with Crippen LogP contribution in [0.1, 0.15) is 10.4 Å². The smallest absolute Gasteiger partial charge is 0.0563 e. The highest BCUT2D eigenvalue weighted by molar-refractivity contribution is 7.10. The Bertz CT molecular complexity index is 552. The van der Waals surface area contributed by atoms with Crippen molar-refractivity contribution in [2.45, 2.75) is 19.0 Å². The molecule has 0 spiro atoms. The van der Waals surface area contributed by atoms with E-state index < -0.39 is 0 Å². The largest absolute Gasteiger partial charge is 0.365 e. The van der Waals surface area contributed by atoms with Crippen LogP contribution in [0.4, 0.5) is 5.69 Å². The Kier molecular flexibility index (Phi) is 3.29. The molecule has 0 radical (unpaired) electrons. The van der Waals surface area contributed by atoms with Gasteiger partial charge in [-0.15, -0.1) is 11.3 Å². The molecule has 2 aromatic rings. The van der Waals surface area contributed by atoms with E-state index in [1.807, 2.05) is 11.4 Å². The average Bonchev–Trinajstić information content (AvgIpc) is 2.75. The Hall–Kier alpha value is -1.03. The molecule has 1 unspecified atom stereocenters. The van der Waals surface area contributed by atoms with Gasteiger partial charge in [-0.2, -0.15) is 0 Å². The third-order valence-electron chi connectivity index (χ3n) is 3.29. The van der Waals surface area contributed by atoms with Crippen molar-refractivity contribution < 1.29 is 0 Å². The monoisotopic (exact) mass is 278 g/mol. The molecule has 4 heteroatoms. The second-order valence-corrected chi connectivity index (χ2v) is 6.07. The van der Waals surface area contributed by atoms with E-state index in [9.17, 15) is 0 Å². The molecular formula is C14H15ClN2S. The minimum Gasteiger partial charge on any atom is -0.365 e. The molecule has 0 bridgehead atoms. The molecule has 0 aliphatic carbocycles. The number of fused-ring (bicyclic) bond motifs is 1. The van der Waals surface area contributed by atoms with Crippen LogP contribution in [0.3, 0.4) is 0 Å². The van der Waals surface area contributed by atoms with Crippen LogP contribution in [0.5, 0.6) is 0 Å². The number of hydrogen-bond donors (Lipinski definition) is 1. The van der Waals surface area contributed by atoms with Crippen molar-refractivity contribution in [3.8, 4) is 0 Å². The highest BCUT2D eigenvalue weighted by atomic mass is 35.5. The molecule has 1 aliphatic rings. The molecule has 2 heterocycles. The van der Waals surface area contributed by atoms with Gasteiger partial charge in [-0.25, -0.2) is 0 Å². The SMILES string of the molecule is NC1Cc2ccccc2N(Cc2sccc2Cl)C1. The fourth-order valence-corrected chi connectivity index (χ4v) is 3.59. The van der Waals surface area contributed by atoms with E-state index in [0.717, 1.165) is 24.5 Å². The van der Waals surface area contributed by atoms with Crippen molar-refractivity contribution in [1.29, 1.82) is 0 Å². The fraction of sp³-hybridized carbons (Fsp3) is 0.286. The van der Waals surface area contributed by atoms with Crippen molar-refractivity contribution in [2.24, 2.45) is 5.73 Å². The molecule has 0 saturated heterocycles. The number of para-hydroxylation sites is 1. The van der Waals surface area contributed by atoms with E-state index in [1.54, 1.807) is 11.3 Å². The summed E-state index contributed by atoms with van der Waals surface area (Å²) in [5.41, 5.74) is 8.77. The van der Waals surface area contributed by atoms with Crippen molar-refractivity contribution in [3.63, 3.8) is 0 Å². The van der Waals surface area contributed by atoms with Crippen molar-refractivity contribution in [1.82, 2.24) is 0 Å². The van der Waals surface area contributed by atoms with Crippen LogP contribution in [0.25, 0.3) is 0 Å². The summed E-state index contributed by atoms with van der Waals surface area (Å²) >= 11 is 7.88. The number of anilines is 1. The number of rotatable bonds is 2. The zero-order chi connectivity index (χ0) is 12.5. The Balaban J connectivity index is 1.91. The highest BCUT2D eigenvalue weighted by Crippen LogP contribution is 2.31. The molecule has 1 aromatic heterocycles. The maximum atomic E-state index is 6.18. The molecule has 1 aliphatic heterocycles. The first-order valence-corrected chi connectivity index (χ1v) is 7.30. The van der Waals surface area contributed by atoms with E-state index in [2.05, 4.69) is 29.2 Å². The van der Waals surface area contributed by atoms with Gasteiger partial charge in [0.2, 0.25) is 0 Å². The quantitative estimate of drug-likeness (QED) is 0.913. The minimum absolute atomic E-state index is 0.207. The Morgan fingerprint density at radius 1 is 1.33 bits per heavy atom. The number of benzene rings is 1. The van der Waals surface area contributed by atoms with E-state index >= 15 is 0 Å². The summed E-state index contributed by atoms with van der Waals surface area (Å²) in [5, 5.41) is 2.89. The van der Waals surface area contributed by atoms with Gasteiger partial charge in [-0.1, -0.05) is 29.8 Å². The van der Waals surface area contributed by atoms with E-state index in [1.165, 1.54) is 16.1 Å². The fourth-order valence-electron chi connectivity index (χ4n) is 2.48. The molecule has 3 rings (SSSR count). The lowest BCUT2D eigenvalue weighted by Crippen LogP contribution is -2.42. The van der Waals surface area contributed by atoms with Crippen molar-refractivity contribution >= 4 is 28.6 Å². The first kappa shape index (κ1) is 12.0. The Labute approximate surface area is 116 Å². The summed E-state index contributed by atoms with van der Waals surface area (Å²) in [6, 6.07) is 10.7. The third-order valence-corrected chi connectivity index (χ3v) is 4.67. The van der Waals surface area contributed by atoms with Crippen LogP contribution in [0.2, 0.25) is 5.02 Å². The zero-order valence-corrected chi connectivity index (χ0v) is 11.5. The van der Waals surface area contributed by atoms with Crippen LogP contribution in [0.15, 0.2) is 35.7 Å². The van der Waals surface area contributed by atoms with E-state index in [0.29, 0.717) is 0 Å². The van der Waals surface area contributed by atoms with Gasteiger partial charge in [0, 0.05) is 23.2 Å². The van der Waals surface area contributed by atoms with Gasteiger partial charge < -0.3 is 10.6 Å². The predicted molar refractivity (Wildman–Crippen MR) is 78.5 cm³/mol. The lowest BCUT2D eigenvalue weighted by molar-refractivity contribution is 0.600. The molecule has 0 fully saturated rings. The minimum atomic E-state index is 0.207. The molecule has 2 N–H and O–H groups in total. The van der Waals surface area contributed by atoms with Crippen LogP contribution in [-0.4, -0.2) is 12.6 Å². The van der Waals surface area contributed by atoms with Gasteiger partial charge in [-0.05, 0) is 29.5 Å². The summed E-state index contributed by atoms with van der Waals surface area (Å²) in [4.78, 5) is 3.54. The first-order valence-electron chi connectivity index (χ1n) is 6.04. The predicted octanol–water partition coefficient (Wildman–Crippen LogP) is 3.29.